The van der Waals surface area contributed by atoms with Crippen molar-refractivity contribution in [2.75, 3.05) is 24.7 Å². The number of rotatable bonds is 3. The summed E-state index contributed by atoms with van der Waals surface area (Å²) in [7, 11) is 0. The van der Waals surface area contributed by atoms with Gasteiger partial charge >= 0.3 is 0 Å². The van der Waals surface area contributed by atoms with Gasteiger partial charge in [0.2, 0.25) is 0 Å². The molecule has 2 N–H and O–H groups in total. The number of hydrogen-bond donors (Lipinski definition) is 2. The molecule has 5 rings (SSSR count). The number of nitrogens with one attached hydrogen (secondary N) is 2. The van der Waals surface area contributed by atoms with Gasteiger partial charge in [-0.05, 0) is 37.6 Å². The lowest BCUT2D eigenvalue weighted by atomic mass is 10.0. The zero-order valence-electron chi connectivity index (χ0n) is 15.8. The van der Waals surface area contributed by atoms with Crippen LogP contribution in [-0.2, 0) is 4.74 Å². The van der Waals surface area contributed by atoms with Crippen molar-refractivity contribution in [1.82, 2.24) is 30.4 Å². The number of H-pyrrole nitrogens is 2. The number of pyridine rings is 2. The largest absolute Gasteiger partial charge is 0.377 e. The van der Waals surface area contributed by atoms with E-state index in [1.807, 2.05) is 24.5 Å². The van der Waals surface area contributed by atoms with Gasteiger partial charge in [-0.15, -0.1) is 0 Å². The van der Waals surface area contributed by atoms with Gasteiger partial charge in [0.1, 0.15) is 17.0 Å². The fraction of sp³-hybridized carbons (Fsp3) is 0.300. The van der Waals surface area contributed by atoms with Crippen molar-refractivity contribution in [1.29, 1.82) is 0 Å². The number of ether oxygens (including phenoxy) is 1. The first kappa shape index (κ1) is 16.9. The number of anilines is 1. The first-order valence-corrected chi connectivity index (χ1v) is 9.36. The average Bonchev–Trinajstić information content (AvgIpc) is 3.39. The van der Waals surface area contributed by atoms with E-state index in [-0.39, 0.29) is 6.04 Å². The average molecular weight is 375 g/mol. The molecule has 1 aliphatic heterocycles. The molecule has 1 saturated heterocycles. The van der Waals surface area contributed by atoms with Crippen LogP contribution in [0.2, 0.25) is 0 Å². The van der Waals surface area contributed by atoms with Gasteiger partial charge in [-0.25, -0.2) is 4.98 Å². The van der Waals surface area contributed by atoms with Gasteiger partial charge in [-0.3, -0.25) is 15.2 Å². The molecule has 1 atom stereocenters. The number of nitrogens with zero attached hydrogens (tertiary/aromatic N) is 5. The maximum atomic E-state index is 5.61. The topological polar surface area (TPSA) is 95.6 Å². The van der Waals surface area contributed by atoms with Crippen LogP contribution in [-0.4, -0.2) is 56.2 Å². The summed E-state index contributed by atoms with van der Waals surface area (Å²) < 4.78 is 5.61. The zero-order valence-corrected chi connectivity index (χ0v) is 15.8. The van der Waals surface area contributed by atoms with Gasteiger partial charge in [0, 0.05) is 29.9 Å². The van der Waals surface area contributed by atoms with Crippen LogP contribution in [0.25, 0.3) is 33.5 Å². The lowest BCUT2D eigenvalue weighted by Gasteiger charge is -2.34. The second kappa shape index (κ2) is 6.72. The summed E-state index contributed by atoms with van der Waals surface area (Å²) in [5.74, 6) is 0.918. The standard InChI is InChI=1S/C20H21N7O/c1-12-10-23-26-18(12)15-9-17(27-7-8-28-11-13(27)2)24-19-14(15)3-5-21-20(19)16-4-6-22-25-16/h3-6,9-10,13H,7-8,11H2,1-2H3,(H,22,25)(H,23,26)/t13-/m1/s1. The molecular weight excluding hydrogens is 354 g/mol. The molecular formula is C20H21N7O. The Balaban J connectivity index is 1.79. The zero-order chi connectivity index (χ0) is 19.1. The molecule has 0 aromatic carbocycles. The highest BCUT2D eigenvalue weighted by molar-refractivity contribution is 6.01. The third-order valence-electron chi connectivity index (χ3n) is 5.23. The summed E-state index contributed by atoms with van der Waals surface area (Å²) in [5, 5.41) is 15.5. The highest BCUT2D eigenvalue weighted by atomic mass is 16.5. The predicted octanol–water partition coefficient (Wildman–Crippen LogP) is 2.94. The summed E-state index contributed by atoms with van der Waals surface area (Å²) in [6.07, 6.45) is 5.38. The van der Waals surface area contributed by atoms with Crippen LogP contribution in [0.1, 0.15) is 12.5 Å². The van der Waals surface area contributed by atoms with E-state index in [0.29, 0.717) is 13.2 Å². The van der Waals surface area contributed by atoms with Gasteiger partial charge in [-0.1, -0.05) is 0 Å². The van der Waals surface area contributed by atoms with E-state index < -0.39 is 0 Å². The van der Waals surface area contributed by atoms with E-state index in [1.165, 1.54) is 0 Å². The number of aryl methyl sites for hydroxylation is 1. The lowest BCUT2D eigenvalue weighted by molar-refractivity contribution is 0.0986. The fourth-order valence-corrected chi connectivity index (χ4v) is 3.76. The van der Waals surface area contributed by atoms with E-state index in [2.05, 4.69) is 50.2 Å². The number of morpholine rings is 1. The van der Waals surface area contributed by atoms with Crippen molar-refractivity contribution in [3.8, 4) is 22.6 Å². The maximum Gasteiger partial charge on any atom is 0.130 e. The molecule has 4 aromatic rings. The third-order valence-corrected chi connectivity index (χ3v) is 5.23. The van der Waals surface area contributed by atoms with Crippen LogP contribution >= 0.6 is 0 Å². The Morgan fingerprint density at radius 2 is 2.11 bits per heavy atom. The van der Waals surface area contributed by atoms with E-state index in [9.17, 15) is 0 Å². The summed E-state index contributed by atoms with van der Waals surface area (Å²) in [5.41, 5.74) is 5.63. The first-order valence-electron chi connectivity index (χ1n) is 9.36. The third kappa shape index (κ3) is 2.73. The molecule has 0 unspecified atom stereocenters. The Morgan fingerprint density at radius 1 is 1.18 bits per heavy atom. The number of hydrogen-bond acceptors (Lipinski definition) is 6. The Labute approximate surface area is 162 Å². The van der Waals surface area contributed by atoms with Crippen molar-refractivity contribution in [2.24, 2.45) is 0 Å². The summed E-state index contributed by atoms with van der Waals surface area (Å²) >= 11 is 0. The number of aromatic amines is 2. The van der Waals surface area contributed by atoms with Crippen molar-refractivity contribution in [2.45, 2.75) is 19.9 Å². The minimum absolute atomic E-state index is 0.252. The van der Waals surface area contributed by atoms with Crippen molar-refractivity contribution in [3.05, 3.63) is 42.4 Å². The van der Waals surface area contributed by atoms with E-state index in [1.54, 1.807) is 6.20 Å². The predicted molar refractivity (Wildman–Crippen MR) is 107 cm³/mol. The normalized spacial score (nSPS) is 17.4. The molecule has 0 spiro atoms. The van der Waals surface area contributed by atoms with Gasteiger partial charge in [0.05, 0.1) is 36.8 Å². The Kier molecular flexibility index (Phi) is 4.05. The molecule has 1 aliphatic rings. The van der Waals surface area contributed by atoms with Crippen molar-refractivity contribution < 1.29 is 4.74 Å². The Bertz CT molecular complexity index is 1120. The van der Waals surface area contributed by atoms with Crippen LogP contribution in [0.4, 0.5) is 5.82 Å². The Morgan fingerprint density at radius 3 is 2.86 bits per heavy atom. The Hall–Kier alpha value is -3.26. The molecule has 5 heterocycles. The van der Waals surface area contributed by atoms with Crippen molar-refractivity contribution >= 4 is 16.7 Å². The SMILES string of the molecule is Cc1cn[nH]c1-c1cc(N2CCOC[C@H]2C)nc2c(-c3ccn[nH]3)nccc12. The molecule has 0 amide bonds. The summed E-state index contributed by atoms with van der Waals surface area (Å²) in [6, 6.07) is 6.31. The molecule has 0 bridgehead atoms. The van der Waals surface area contributed by atoms with E-state index >= 15 is 0 Å². The molecule has 8 heteroatoms. The second-order valence-electron chi connectivity index (χ2n) is 7.10. The first-order chi connectivity index (χ1) is 13.7. The highest BCUT2D eigenvalue weighted by Gasteiger charge is 2.23. The summed E-state index contributed by atoms with van der Waals surface area (Å²) in [6.45, 7) is 6.41. The molecule has 0 saturated carbocycles. The quantitative estimate of drug-likeness (QED) is 0.572. The van der Waals surface area contributed by atoms with Gasteiger partial charge < -0.3 is 9.64 Å². The van der Waals surface area contributed by atoms with E-state index in [4.69, 9.17) is 9.72 Å². The molecule has 28 heavy (non-hydrogen) atoms. The van der Waals surface area contributed by atoms with Crippen LogP contribution in [0.15, 0.2) is 36.8 Å². The molecule has 1 fully saturated rings. The smallest absolute Gasteiger partial charge is 0.130 e. The molecule has 8 nitrogen and oxygen atoms in total. The minimum Gasteiger partial charge on any atom is -0.377 e. The number of fused-ring (bicyclic) bond motifs is 1. The van der Waals surface area contributed by atoms with Crippen LogP contribution in [0.5, 0.6) is 0 Å². The van der Waals surface area contributed by atoms with Gasteiger partial charge in [-0.2, -0.15) is 10.2 Å². The number of aromatic nitrogens is 6. The fourth-order valence-electron chi connectivity index (χ4n) is 3.76. The second-order valence-corrected chi connectivity index (χ2v) is 7.10. The van der Waals surface area contributed by atoms with Gasteiger partial charge in [0.25, 0.3) is 0 Å². The van der Waals surface area contributed by atoms with Crippen LogP contribution in [0, 0.1) is 6.92 Å². The molecule has 142 valence electrons. The van der Waals surface area contributed by atoms with Gasteiger partial charge in [0.15, 0.2) is 0 Å². The van der Waals surface area contributed by atoms with Crippen LogP contribution < -0.4 is 4.90 Å². The summed E-state index contributed by atoms with van der Waals surface area (Å²) in [4.78, 5) is 11.9. The van der Waals surface area contributed by atoms with Crippen molar-refractivity contribution in [3.63, 3.8) is 0 Å². The van der Waals surface area contributed by atoms with Crippen LogP contribution in [0.3, 0.4) is 0 Å². The molecule has 0 aliphatic carbocycles. The monoisotopic (exact) mass is 375 g/mol. The highest BCUT2D eigenvalue weighted by Crippen LogP contribution is 2.35. The molecule has 4 aromatic heterocycles. The molecule has 0 radical (unpaired) electrons. The van der Waals surface area contributed by atoms with E-state index in [0.717, 1.165) is 51.5 Å². The maximum absolute atomic E-state index is 5.61. The minimum atomic E-state index is 0.252. The lowest BCUT2D eigenvalue weighted by Crippen LogP contribution is -2.44.